The zero-order valence-corrected chi connectivity index (χ0v) is 20.7. The minimum atomic E-state index is -4.73. The SMILES string of the molecule is CN(c1ccccc1)c1cc(NCc2ccccc2)c(S(=O)(=O)O)cc1S(N)(=O)=O.[Na]. The molecule has 0 saturated heterocycles. The maximum absolute atomic E-state index is 12.2. The van der Waals surface area contributed by atoms with E-state index in [2.05, 4.69) is 5.32 Å². The molecule has 0 aliphatic carbocycles. The number of anilines is 3. The van der Waals surface area contributed by atoms with Crippen LogP contribution in [0.3, 0.4) is 0 Å². The molecule has 11 heteroatoms. The Bertz CT molecular complexity index is 1250. The van der Waals surface area contributed by atoms with Gasteiger partial charge < -0.3 is 10.2 Å². The maximum atomic E-state index is 12.2. The second-order valence-electron chi connectivity index (χ2n) is 6.57. The van der Waals surface area contributed by atoms with Crippen molar-refractivity contribution < 1.29 is 21.4 Å². The third kappa shape index (κ3) is 6.30. The van der Waals surface area contributed by atoms with Crippen LogP contribution in [0, 0.1) is 0 Å². The fourth-order valence-electron chi connectivity index (χ4n) is 2.98. The molecule has 0 spiro atoms. The van der Waals surface area contributed by atoms with Crippen molar-refractivity contribution in [1.82, 2.24) is 0 Å². The number of nitrogens with two attached hydrogens (primary N) is 1. The number of hydrogen-bond donors (Lipinski definition) is 3. The van der Waals surface area contributed by atoms with E-state index in [1.807, 2.05) is 36.4 Å². The van der Waals surface area contributed by atoms with Gasteiger partial charge in [0.15, 0.2) is 0 Å². The first kappa shape index (κ1) is 25.3. The van der Waals surface area contributed by atoms with E-state index in [9.17, 15) is 21.4 Å². The van der Waals surface area contributed by atoms with Gasteiger partial charge in [-0.25, -0.2) is 13.6 Å². The molecule has 0 fully saturated rings. The Morgan fingerprint density at radius 2 is 1.45 bits per heavy atom. The van der Waals surface area contributed by atoms with Gasteiger partial charge in [0.05, 0.1) is 11.4 Å². The van der Waals surface area contributed by atoms with Crippen LogP contribution in [0.25, 0.3) is 0 Å². The molecule has 0 aliphatic heterocycles. The molecule has 3 aromatic carbocycles. The third-order valence-electron chi connectivity index (χ3n) is 4.48. The Labute approximate surface area is 204 Å². The third-order valence-corrected chi connectivity index (χ3v) is 6.31. The number of primary sulfonamides is 1. The zero-order chi connectivity index (χ0) is 21.9. The van der Waals surface area contributed by atoms with Crippen LogP contribution in [0.15, 0.2) is 82.6 Å². The molecule has 8 nitrogen and oxygen atoms in total. The van der Waals surface area contributed by atoms with Gasteiger partial charge in [-0.15, -0.1) is 0 Å². The molecule has 0 atom stereocenters. The molecule has 159 valence electrons. The summed E-state index contributed by atoms with van der Waals surface area (Å²) < 4.78 is 58.0. The molecule has 31 heavy (non-hydrogen) atoms. The Kier molecular flexibility index (Phi) is 8.28. The van der Waals surface area contributed by atoms with E-state index in [1.165, 1.54) is 6.07 Å². The van der Waals surface area contributed by atoms with Gasteiger partial charge in [-0.2, -0.15) is 8.42 Å². The number of sulfonamides is 1. The number of nitrogens with one attached hydrogen (secondary N) is 1. The molecule has 0 bridgehead atoms. The first-order valence-corrected chi connectivity index (χ1v) is 11.8. The quantitative estimate of drug-likeness (QED) is 0.357. The summed E-state index contributed by atoms with van der Waals surface area (Å²) >= 11 is 0. The molecule has 0 heterocycles. The molecule has 0 aliphatic rings. The van der Waals surface area contributed by atoms with Crippen molar-refractivity contribution in [3.8, 4) is 0 Å². The topological polar surface area (TPSA) is 130 Å². The second-order valence-corrected chi connectivity index (χ2v) is 9.49. The summed E-state index contributed by atoms with van der Waals surface area (Å²) in [6.45, 7) is 0.257. The number of para-hydroxylation sites is 1. The molecule has 0 saturated carbocycles. The van der Waals surface area contributed by atoms with Crippen LogP contribution in [0.2, 0.25) is 0 Å². The summed E-state index contributed by atoms with van der Waals surface area (Å²) in [5, 5.41) is 8.31. The summed E-state index contributed by atoms with van der Waals surface area (Å²) in [7, 11) is -7.39. The van der Waals surface area contributed by atoms with E-state index in [0.29, 0.717) is 5.69 Å². The van der Waals surface area contributed by atoms with Gasteiger partial charge in [0.1, 0.15) is 9.79 Å². The van der Waals surface area contributed by atoms with Crippen LogP contribution < -0.4 is 15.4 Å². The molecular weight excluding hydrogens is 449 g/mol. The molecule has 3 rings (SSSR count). The Balaban J connectivity index is 0.00000341. The van der Waals surface area contributed by atoms with Crippen molar-refractivity contribution in [1.29, 1.82) is 0 Å². The van der Waals surface area contributed by atoms with Crippen LogP contribution in [0.1, 0.15) is 5.56 Å². The minimum absolute atomic E-state index is 0. The Hall–Kier alpha value is -1.92. The predicted molar refractivity (Wildman–Crippen MR) is 122 cm³/mol. The maximum Gasteiger partial charge on any atom is 0.296 e. The summed E-state index contributed by atoms with van der Waals surface area (Å²) in [6.07, 6.45) is 0. The Morgan fingerprint density at radius 3 is 1.97 bits per heavy atom. The van der Waals surface area contributed by atoms with Crippen LogP contribution in [0.5, 0.6) is 0 Å². The number of nitrogens with zero attached hydrogens (tertiary/aromatic N) is 1. The van der Waals surface area contributed by atoms with Crippen molar-refractivity contribution in [2.24, 2.45) is 5.14 Å². The van der Waals surface area contributed by atoms with Crippen LogP contribution in [-0.4, -0.2) is 58.0 Å². The summed E-state index contributed by atoms with van der Waals surface area (Å²) in [5.74, 6) is 0. The monoisotopic (exact) mass is 470 g/mol. The van der Waals surface area contributed by atoms with E-state index in [1.54, 1.807) is 36.2 Å². The average molecular weight is 471 g/mol. The van der Waals surface area contributed by atoms with E-state index in [-0.39, 0.29) is 47.5 Å². The summed E-state index contributed by atoms with van der Waals surface area (Å²) in [6, 6.07) is 20.3. The number of rotatable bonds is 7. The largest absolute Gasteiger partial charge is 0.380 e. The number of hydrogen-bond acceptors (Lipinski definition) is 6. The molecular formula is C20H21N3NaO5S2. The first-order valence-electron chi connectivity index (χ1n) is 8.82. The molecule has 0 amide bonds. The van der Waals surface area contributed by atoms with Gasteiger partial charge in [0, 0.05) is 48.8 Å². The van der Waals surface area contributed by atoms with E-state index < -0.39 is 29.9 Å². The van der Waals surface area contributed by atoms with E-state index in [0.717, 1.165) is 11.6 Å². The second kappa shape index (κ2) is 10.1. The van der Waals surface area contributed by atoms with Gasteiger partial charge in [-0.1, -0.05) is 48.5 Å². The molecule has 1 radical (unpaired) electrons. The van der Waals surface area contributed by atoms with Gasteiger partial charge in [-0.05, 0) is 29.8 Å². The standard InChI is InChI=1S/C20H21N3O5S2.Na/c1-23(16-10-6-3-7-11-16)18-12-17(22-14-15-8-4-2-5-9-15)19(30(26,27)28)13-20(18)29(21,24)25;/h2-13,22H,14H2,1H3,(H2,21,24,25)(H,26,27,28);. The molecule has 0 aromatic heterocycles. The van der Waals surface area contributed by atoms with Crippen molar-refractivity contribution >= 4 is 66.8 Å². The van der Waals surface area contributed by atoms with E-state index in [4.69, 9.17) is 5.14 Å². The zero-order valence-electron chi connectivity index (χ0n) is 17.1. The van der Waals surface area contributed by atoms with Crippen LogP contribution in [-0.2, 0) is 26.7 Å². The molecule has 3 aromatic rings. The summed E-state index contributed by atoms with van der Waals surface area (Å²) in [4.78, 5) is 0.570. The van der Waals surface area contributed by atoms with Crippen molar-refractivity contribution in [2.45, 2.75) is 16.3 Å². The van der Waals surface area contributed by atoms with Crippen molar-refractivity contribution in [3.05, 3.63) is 78.4 Å². The van der Waals surface area contributed by atoms with Crippen molar-refractivity contribution in [3.63, 3.8) is 0 Å². The average Bonchev–Trinajstić information content (AvgIpc) is 2.71. The normalized spacial score (nSPS) is 11.5. The fraction of sp³-hybridized carbons (Fsp3) is 0.100. The van der Waals surface area contributed by atoms with Crippen LogP contribution in [0.4, 0.5) is 17.1 Å². The molecule has 4 N–H and O–H groups in total. The fourth-order valence-corrected chi connectivity index (χ4v) is 4.49. The molecule has 0 unspecified atom stereocenters. The van der Waals surface area contributed by atoms with Gasteiger partial charge in [0.25, 0.3) is 10.1 Å². The van der Waals surface area contributed by atoms with Gasteiger partial charge >= 0.3 is 0 Å². The minimum Gasteiger partial charge on any atom is -0.380 e. The predicted octanol–water partition coefficient (Wildman–Crippen LogP) is 2.58. The Morgan fingerprint density at radius 1 is 0.903 bits per heavy atom. The van der Waals surface area contributed by atoms with Crippen molar-refractivity contribution in [2.75, 3.05) is 17.3 Å². The number of benzene rings is 3. The first-order chi connectivity index (χ1) is 14.1. The van der Waals surface area contributed by atoms with Crippen LogP contribution >= 0.6 is 0 Å². The van der Waals surface area contributed by atoms with E-state index >= 15 is 0 Å². The van der Waals surface area contributed by atoms with Gasteiger partial charge in [-0.3, -0.25) is 4.55 Å². The summed E-state index contributed by atoms with van der Waals surface area (Å²) in [5.41, 5.74) is 1.74. The van der Waals surface area contributed by atoms with Gasteiger partial charge in [0.2, 0.25) is 10.0 Å². The smallest absolute Gasteiger partial charge is 0.296 e.